The molecule has 3 aromatic rings. The Labute approximate surface area is 196 Å². The average molecular weight is 465 g/mol. The predicted molar refractivity (Wildman–Crippen MR) is 128 cm³/mol. The number of benzene rings is 3. The highest BCUT2D eigenvalue weighted by Gasteiger charge is 2.29. The lowest BCUT2D eigenvalue weighted by Gasteiger charge is -2.38. The molecule has 0 amide bonds. The molecule has 0 radical (unpaired) electrons. The van der Waals surface area contributed by atoms with Crippen LogP contribution in [0.25, 0.3) is 11.1 Å². The summed E-state index contributed by atoms with van der Waals surface area (Å²) >= 11 is -2.49. The largest absolute Gasteiger partial charge is 0.755 e. The van der Waals surface area contributed by atoms with Crippen molar-refractivity contribution in [3.05, 3.63) is 82.9 Å². The summed E-state index contributed by atoms with van der Waals surface area (Å²) in [6.07, 6.45) is 2.16. The van der Waals surface area contributed by atoms with Gasteiger partial charge in [-0.05, 0) is 79.1 Å². The van der Waals surface area contributed by atoms with Crippen LogP contribution in [0, 0.1) is 13.8 Å². The van der Waals surface area contributed by atoms with Crippen molar-refractivity contribution in [3.8, 4) is 16.9 Å². The molecule has 2 unspecified atom stereocenters. The Balaban J connectivity index is 1.68. The molecule has 0 saturated carbocycles. The second-order valence-corrected chi connectivity index (χ2v) is 9.15. The number of aryl methyl sites for hydroxylation is 2. The maximum Gasteiger partial charge on any atom is 0.341 e. The number of ether oxygens (including phenoxy) is 1. The molecule has 0 heterocycles. The van der Waals surface area contributed by atoms with E-state index >= 15 is 0 Å². The van der Waals surface area contributed by atoms with Gasteiger partial charge in [-0.3, -0.25) is 8.51 Å². The summed E-state index contributed by atoms with van der Waals surface area (Å²) in [4.78, 5) is 10.9. The van der Waals surface area contributed by atoms with Gasteiger partial charge in [0.1, 0.15) is 5.75 Å². The first-order valence-electron chi connectivity index (χ1n) is 10.9. The molecule has 0 fully saturated rings. The van der Waals surface area contributed by atoms with Crippen molar-refractivity contribution in [2.45, 2.75) is 39.2 Å². The van der Waals surface area contributed by atoms with E-state index in [2.05, 4.69) is 32.0 Å². The zero-order chi connectivity index (χ0) is 23.5. The number of hydrogen-bond donors (Lipinski definition) is 1. The Morgan fingerprint density at radius 1 is 1.15 bits per heavy atom. The minimum Gasteiger partial charge on any atom is -0.755 e. The number of rotatable bonds is 7. The summed E-state index contributed by atoms with van der Waals surface area (Å²) < 4.78 is 31.6. The fourth-order valence-electron chi connectivity index (χ4n) is 4.51. The van der Waals surface area contributed by atoms with Crippen LogP contribution in [-0.2, 0) is 22.5 Å². The molecule has 7 heteroatoms. The normalized spacial score (nSPS) is 16.0. The molecule has 172 valence electrons. The van der Waals surface area contributed by atoms with Crippen molar-refractivity contribution in [1.29, 1.82) is 0 Å². The molecule has 0 saturated heterocycles. The van der Waals surface area contributed by atoms with Gasteiger partial charge in [0.15, 0.2) is 6.61 Å². The number of hydrogen-bond acceptors (Lipinski definition) is 4. The van der Waals surface area contributed by atoms with E-state index in [1.54, 1.807) is 12.1 Å². The average Bonchev–Trinajstić information content (AvgIpc) is 2.80. The second-order valence-electron chi connectivity index (χ2n) is 8.32. The molecule has 1 aliphatic carbocycles. The fourth-order valence-corrected chi connectivity index (χ4v) is 5.23. The number of anilines is 1. The lowest BCUT2D eigenvalue weighted by Crippen LogP contribution is -2.33. The Bertz CT molecular complexity index is 1190. The van der Waals surface area contributed by atoms with E-state index in [1.165, 1.54) is 9.87 Å². The summed E-state index contributed by atoms with van der Waals surface area (Å²) in [6, 6.07) is 18.9. The molecule has 0 spiro atoms. The molecule has 0 aliphatic heterocycles. The van der Waals surface area contributed by atoms with Crippen LogP contribution >= 0.6 is 0 Å². The molecular weight excluding hydrogens is 438 g/mol. The molecule has 1 N–H and O–H groups in total. The minimum absolute atomic E-state index is 0.382. The van der Waals surface area contributed by atoms with Crippen molar-refractivity contribution in [2.75, 3.05) is 10.9 Å². The van der Waals surface area contributed by atoms with Crippen LogP contribution in [0.5, 0.6) is 5.75 Å². The molecule has 0 aromatic heterocycles. The van der Waals surface area contributed by atoms with Crippen molar-refractivity contribution < 1.29 is 23.4 Å². The van der Waals surface area contributed by atoms with Crippen molar-refractivity contribution in [2.24, 2.45) is 0 Å². The van der Waals surface area contributed by atoms with E-state index < -0.39 is 23.8 Å². The van der Waals surface area contributed by atoms with Crippen LogP contribution in [0.15, 0.2) is 60.7 Å². The maximum atomic E-state index is 12.4. The first-order chi connectivity index (χ1) is 15.8. The van der Waals surface area contributed by atoms with Crippen LogP contribution in [0.4, 0.5) is 5.69 Å². The van der Waals surface area contributed by atoms with Crippen LogP contribution in [0.2, 0.25) is 0 Å². The SMILES string of the molecule is Cc1ccc(C)c(-c2ccc(N(C3CCCc4c(OCC(=O)O)cccc43)S(=O)[O-])cc2)c1. The van der Waals surface area contributed by atoms with Gasteiger partial charge in [0.25, 0.3) is 0 Å². The van der Waals surface area contributed by atoms with Gasteiger partial charge >= 0.3 is 5.97 Å². The van der Waals surface area contributed by atoms with Gasteiger partial charge in [-0.25, -0.2) is 4.79 Å². The van der Waals surface area contributed by atoms with Gasteiger partial charge in [-0.1, -0.05) is 48.0 Å². The Hall–Kier alpha value is -3.16. The standard InChI is InChI=1S/C26H27NO5S/c1-17-9-10-18(2)23(15-17)19-11-13-20(14-12-19)27(33(30)31)24-7-3-6-22-21(24)5-4-8-25(22)32-16-26(28)29/h4-5,8-15,24H,3,6-7,16H2,1-2H3,(H,28,29)(H,30,31)/p-1. The molecule has 3 aromatic carbocycles. The number of carboxylic acid groups (broad SMARTS) is 1. The van der Waals surface area contributed by atoms with Gasteiger partial charge in [-0.15, -0.1) is 0 Å². The third kappa shape index (κ3) is 4.94. The van der Waals surface area contributed by atoms with E-state index in [0.717, 1.165) is 34.2 Å². The minimum atomic E-state index is -2.49. The predicted octanol–water partition coefficient (Wildman–Crippen LogP) is 5.11. The van der Waals surface area contributed by atoms with Gasteiger partial charge in [0.05, 0.1) is 6.04 Å². The second kappa shape index (κ2) is 9.77. The van der Waals surface area contributed by atoms with E-state index in [1.807, 2.05) is 30.3 Å². The lowest BCUT2D eigenvalue weighted by atomic mass is 9.86. The van der Waals surface area contributed by atoms with Crippen LogP contribution in [0.1, 0.15) is 41.1 Å². The van der Waals surface area contributed by atoms with Gasteiger partial charge in [-0.2, -0.15) is 0 Å². The van der Waals surface area contributed by atoms with Crippen LogP contribution in [0.3, 0.4) is 0 Å². The van der Waals surface area contributed by atoms with E-state index in [0.29, 0.717) is 24.3 Å². The van der Waals surface area contributed by atoms with Gasteiger partial charge in [0.2, 0.25) is 0 Å². The zero-order valence-electron chi connectivity index (χ0n) is 18.6. The monoisotopic (exact) mass is 464 g/mol. The molecule has 1 aliphatic rings. The lowest BCUT2D eigenvalue weighted by molar-refractivity contribution is -0.139. The summed E-state index contributed by atoms with van der Waals surface area (Å²) in [5, 5.41) is 8.96. The Morgan fingerprint density at radius 2 is 1.91 bits per heavy atom. The smallest absolute Gasteiger partial charge is 0.341 e. The molecule has 6 nitrogen and oxygen atoms in total. The number of nitrogens with zero attached hydrogens (tertiary/aromatic N) is 1. The van der Waals surface area contributed by atoms with Gasteiger partial charge in [0, 0.05) is 17.0 Å². The van der Waals surface area contributed by atoms with E-state index in [9.17, 15) is 13.6 Å². The molecule has 2 atom stereocenters. The molecule has 0 bridgehead atoms. The number of carboxylic acids is 1. The fraction of sp³-hybridized carbons (Fsp3) is 0.269. The zero-order valence-corrected chi connectivity index (χ0v) is 19.4. The Kier molecular flexibility index (Phi) is 6.81. The highest BCUT2D eigenvalue weighted by atomic mass is 32.2. The van der Waals surface area contributed by atoms with E-state index in [-0.39, 0.29) is 6.04 Å². The maximum absolute atomic E-state index is 12.4. The van der Waals surface area contributed by atoms with E-state index in [4.69, 9.17) is 9.84 Å². The topological polar surface area (TPSA) is 89.9 Å². The number of fused-ring (bicyclic) bond motifs is 1. The summed E-state index contributed by atoms with van der Waals surface area (Å²) in [7, 11) is 0. The molecule has 33 heavy (non-hydrogen) atoms. The number of aliphatic carboxylic acids is 1. The Morgan fingerprint density at radius 3 is 2.61 bits per heavy atom. The summed E-state index contributed by atoms with van der Waals surface area (Å²) in [6.45, 7) is 3.68. The third-order valence-electron chi connectivity index (χ3n) is 6.05. The molecule has 4 rings (SSSR count). The highest BCUT2D eigenvalue weighted by molar-refractivity contribution is 7.80. The first kappa shape index (κ1) is 23.0. The van der Waals surface area contributed by atoms with Crippen LogP contribution in [-0.4, -0.2) is 26.4 Å². The van der Waals surface area contributed by atoms with Crippen molar-refractivity contribution in [1.82, 2.24) is 0 Å². The first-order valence-corrected chi connectivity index (χ1v) is 11.9. The summed E-state index contributed by atoms with van der Waals surface area (Å²) in [5.41, 5.74) is 6.80. The van der Waals surface area contributed by atoms with Crippen molar-refractivity contribution in [3.63, 3.8) is 0 Å². The van der Waals surface area contributed by atoms with Crippen LogP contribution < -0.4 is 9.04 Å². The highest BCUT2D eigenvalue weighted by Crippen LogP contribution is 2.41. The molecular formula is C26H26NO5S-. The third-order valence-corrected chi connectivity index (χ3v) is 6.84. The summed E-state index contributed by atoms with van der Waals surface area (Å²) in [5.74, 6) is -0.548. The van der Waals surface area contributed by atoms with Crippen molar-refractivity contribution >= 4 is 22.9 Å². The quantitative estimate of drug-likeness (QED) is 0.491. The number of carbonyl (C=O) groups is 1. The van der Waals surface area contributed by atoms with Gasteiger partial charge < -0.3 is 14.4 Å².